The van der Waals surface area contributed by atoms with Gasteiger partial charge in [0.25, 0.3) is 0 Å². The lowest BCUT2D eigenvalue weighted by molar-refractivity contribution is -0.137. The molecule has 1 heterocycles. The van der Waals surface area contributed by atoms with Gasteiger partial charge in [-0.2, -0.15) is 26.3 Å². The van der Waals surface area contributed by atoms with Gasteiger partial charge in [-0.05, 0) is 18.2 Å². The fourth-order valence-corrected chi connectivity index (χ4v) is 1.70. The zero-order valence-electron chi connectivity index (χ0n) is 10.2. The highest BCUT2D eigenvalue weighted by Gasteiger charge is 2.36. The first-order valence-electron chi connectivity index (χ1n) is 5.56. The van der Waals surface area contributed by atoms with Gasteiger partial charge in [-0.25, -0.2) is 5.06 Å². The normalized spacial score (nSPS) is 16.6. The predicted molar refractivity (Wildman–Crippen MR) is 61.4 cm³/mol. The van der Waals surface area contributed by atoms with E-state index < -0.39 is 30.3 Å². The third-order valence-electron chi connectivity index (χ3n) is 2.72. The maximum atomic E-state index is 12.6. The number of nitrogens with zero attached hydrogens (tertiary/aromatic N) is 2. The fourth-order valence-electron chi connectivity index (χ4n) is 1.70. The van der Waals surface area contributed by atoms with Gasteiger partial charge < -0.3 is 0 Å². The van der Waals surface area contributed by atoms with Crippen LogP contribution in [0.25, 0.3) is 5.70 Å². The molecule has 9 heteroatoms. The monoisotopic (exact) mass is 310 g/mol. The van der Waals surface area contributed by atoms with Gasteiger partial charge in [0.05, 0.1) is 11.3 Å². The van der Waals surface area contributed by atoms with Crippen LogP contribution < -0.4 is 0 Å². The van der Waals surface area contributed by atoms with E-state index in [1.807, 2.05) is 0 Å². The molecule has 0 saturated heterocycles. The number of hydrogen-bond donors (Lipinski definition) is 1. The molecule has 0 fully saturated rings. The highest BCUT2D eigenvalue weighted by molar-refractivity contribution is 6.05. The van der Waals surface area contributed by atoms with Gasteiger partial charge in [-0.3, -0.25) is 10.2 Å². The van der Waals surface area contributed by atoms with Gasteiger partial charge >= 0.3 is 12.4 Å². The van der Waals surface area contributed by atoms with Gasteiger partial charge in [-0.1, -0.05) is 12.1 Å². The van der Waals surface area contributed by atoms with Crippen LogP contribution in [0.5, 0.6) is 0 Å². The molecule has 0 bridgehead atoms. The van der Waals surface area contributed by atoms with E-state index in [4.69, 9.17) is 0 Å². The molecule has 3 nitrogen and oxygen atoms in total. The molecule has 0 aliphatic carbocycles. The number of allylic oxidation sites excluding steroid dienone is 1. The van der Waals surface area contributed by atoms with Crippen LogP contribution in [0.3, 0.4) is 0 Å². The van der Waals surface area contributed by atoms with Crippen LogP contribution in [0.4, 0.5) is 26.3 Å². The summed E-state index contributed by atoms with van der Waals surface area (Å²) in [6.45, 7) is -0.651. The summed E-state index contributed by atoms with van der Waals surface area (Å²) in [6.07, 6.45) is -8.67. The first kappa shape index (κ1) is 15.4. The lowest BCUT2D eigenvalue weighted by Crippen LogP contribution is -2.30. The summed E-state index contributed by atoms with van der Waals surface area (Å²) in [4.78, 5) is 3.13. The van der Waals surface area contributed by atoms with Crippen LogP contribution in [0, 0.1) is 0 Å². The number of halogens is 6. The van der Waals surface area contributed by atoms with E-state index in [0.717, 1.165) is 24.3 Å². The number of aliphatic imine (C=N–C) groups is 1. The van der Waals surface area contributed by atoms with Gasteiger partial charge in [0, 0.05) is 5.56 Å². The zero-order valence-corrected chi connectivity index (χ0v) is 10.2. The molecular weight excluding hydrogens is 302 g/mol. The minimum absolute atomic E-state index is 0.0159. The first-order valence-corrected chi connectivity index (χ1v) is 5.56. The second-order valence-electron chi connectivity index (χ2n) is 4.19. The number of hydroxylamine groups is 2. The van der Waals surface area contributed by atoms with E-state index in [2.05, 4.69) is 4.99 Å². The number of rotatable bonds is 1. The molecule has 1 aromatic rings. The van der Waals surface area contributed by atoms with Crippen molar-refractivity contribution < 1.29 is 31.5 Å². The number of benzene rings is 1. The molecule has 1 aromatic carbocycles. The summed E-state index contributed by atoms with van der Waals surface area (Å²) in [7, 11) is 0. The predicted octanol–water partition coefficient (Wildman–Crippen LogP) is 3.71. The Balaban J connectivity index is 2.36. The van der Waals surface area contributed by atoms with Crippen molar-refractivity contribution in [1.29, 1.82) is 0 Å². The largest absolute Gasteiger partial charge is 0.433 e. The van der Waals surface area contributed by atoms with Crippen molar-refractivity contribution in [3.63, 3.8) is 0 Å². The first-order chi connectivity index (χ1) is 9.59. The maximum Gasteiger partial charge on any atom is 0.433 e. The summed E-state index contributed by atoms with van der Waals surface area (Å²) in [5.41, 5.74) is -2.40. The van der Waals surface area contributed by atoms with Crippen molar-refractivity contribution in [2.45, 2.75) is 12.4 Å². The molecule has 1 N–H and O–H groups in total. The summed E-state index contributed by atoms with van der Waals surface area (Å²) < 4.78 is 74.9. The SMILES string of the molecule is ON1CN=C(C(F)(F)F)C=C1c1ccc(C(F)(F)F)cc1. The fraction of sp³-hybridized carbons (Fsp3) is 0.250. The van der Waals surface area contributed by atoms with Crippen LogP contribution in [-0.4, -0.2) is 28.8 Å². The van der Waals surface area contributed by atoms with Crippen molar-refractivity contribution in [3.8, 4) is 0 Å². The maximum absolute atomic E-state index is 12.6. The average molecular weight is 310 g/mol. The van der Waals surface area contributed by atoms with E-state index >= 15 is 0 Å². The van der Waals surface area contributed by atoms with Crippen LogP contribution in [0.2, 0.25) is 0 Å². The summed E-state index contributed by atoms with van der Waals surface area (Å²) in [6, 6.07) is 3.42. The van der Waals surface area contributed by atoms with Crippen LogP contribution in [0.1, 0.15) is 11.1 Å². The Kier molecular flexibility index (Phi) is 3.70. The molecule has 0 saturated carbocycles. The van der Waals surface area contributed by atoms with Crippen LogP contribution in [-0.2, 0) is 6.18 Å². The second kappa shape index (κ2) is 5.06. The summed E-state index contributed by atoms with van der Waals surface area (Å²) in [5, 5.41) is 9.93. The molecule has 2 rings (SSSR count). The molecule has 114 valence electrons. The molecule has 0 unspecified atom stereocenters. The van der Waals surface area contributed by atoms with Gasteiger partial charge in [0.1, 0.15) is 12.4 Å². The zero-order chi connectivity index (χ0) is 15.8. The lowest BCUT2D eigenvalue weighted by atomic mass is 10.1. The molecule has 0 amide bonds. The third-order valence-corrected chi connectivity index (χ3v) is 2.72. The summed E-state index contributed by atoms with van der Waals surface area (Å²) in [5.74, 6) is 0. The van der Waals surface area contributed by atoms with Crippen molar-refractivity contribution in [1.82, 2.24) is 5.06 Å². The summed E-state index contributed by atoms with van der Waals surface area (Å²) >= 11 is 0. The molecule has 21 heavy (non-hydrogen) atoms. The standard InChI is InChI=1S/C12H8F6N2O/c13-11(14,15)8-3-1-7(2-4-8)9-5-10(12(16,17)18)19-6-20(9)21/h1-5,21H,6H2. The van der Waals surface area contributed by atoms with Crippen LogP contribution >= 0.6 is 0 Å². The third kappa shape index (κ3) is 3.35. The Morgan fingerprint density at radius 2 is 1.52 bits per heavy atom. The van der Waals surface area contributed by atoms with Crippen molar-refractivity contribution in [2.24, 2.45) is 4.99 Å². The van der Waals surface area contributed by atoms with Crippen molar-refractivity contribution in [2.75, 3.05) is 6.67 Å². The van der Waals surface area contributed by atoms with Gasteiger partial charge in [-0.15, -0.1) is 0 Å². The molecular formula is C12H8F6N2O. The van der Waals surface area contributed by atoms with E-state index in [0.29, 0.717) is 11.1 Å². The van der Waals surface area contributed by atoms with E-state index in [1.165, 1.54) is 0 Å². The highest BCUT2D eigenvalue weighted by Crippen LogP contribution is 2.31. The smallest absolute Gasteiger partial charge is 0.287 e. The number of alkyl halides is 6. The molecule has 0 radical (unpaired) electrons. The molecule has 0 aromatic heterocycles. The molecule has 1 aliphatic rings. The van der Waals surface area contributed by atoms with E-state index in [9.17, 15) is 31.5 Å². The van der Waals surface area contributed by atoms with Gasteiger partial charge in [0.15, 0.2) is 0 Å². The Morgan fingerprint density at radius 3 is 2.00 bits per heavy atom. The number of hydrogen-bond acceptors (Lipinski definition) is 3. The van der Waals surface area contributed by atoms with Crippen LogP contribution in [0.15, 0.2) is 35.3 Å². The average Bonchev–Trinajstić information content (AvgIpc) is 2.37. The van der Waals surface area contributed by atoms with Crippen molar-refractivity contribution in [3.05, 3.63) is 41.5 Å². The Hall–Kier alpha value is -2.03. The Bertz CT molecular complexity index is 585. The molecule has 0 atom stereocenters. The van der Waals surface area contributed by atoms with E-state index in [-0.39, 0.29) is 11.3 Å². The van der Waals surface area contributed by atoms with Gasteiger partial charge in [0.2, 0.25) is 0 Å². The lowest BCUT2D eigenvalue weighted by Gasteiger charge is -2.24. The quantitative estimate of drug-likeness (QED) is 0.803. The molecule has 0 spiro atoms. The highest BCUT2D eigenvalue weighted by atomic mass is 19.4. The molecule has 1 aliphatic heterocycles. The Morgan fingerprint density at radius 1 is 0.952 bits per heavy atom. The topological polar surface area (TPSA) is 35.8 Å². The second-order valence-corrected chi connectivity index (χ2v) is 4.19. The Labute approximate surface area is 114 Å². The van der Waals surface area contributed by atoms with E-state index in [1.54, 1.807) is 0 Å². The minimum atomic E-state index is -4.70. The minimum Gasteiger partial charge on any atom is -0.287 e. The van der Waals surface area contributed by atoms with Crippen molar-refractivity contribution >= 4 is 11.4 Å².